The quantitative estimate of drug-likeness (QED) is 0.853. The maximum atomic E-state index is 12.1. The molecular formula is C13H13N5O. The minimum atomic E-state index is 0.00591. The third-order valence-electron chi connectivity index (χ3n) is 3.19. The average molecular weight is 255 g/mol. The number of aromatic nitrogens is 3. The minimum absolute atomic E-state index is 0.00591. The summed E-state index contributed by atoms with van der Waals surface area (Å²) in [6.07, 6.45) is 4.88. The van der Waals surface area contributed by atoms with Gasteiger partial charge in [0, 0.05) is 37.6 Å². The lowest BCUT2D eigenvalue weighted by molar-refractivity contribution is 0.0598. The zero-order chi connectivity index (χ0) is 13.2. The number of carbonyl (C=O) groups is 1. The molecule has 0 aromatic carbocycles. The highest BCUT2D eigenvalue weighted by Gasteiger charge is 2.33. The summed E-state index contributed by atoms with van der Waals surface area (Å²) in [6, 6.07) is 5.37. The van der Waals surface area contributed by atoms with Gasteiger partial charge in [0.15, 0.2) is 0 Å². The van der Waals surface area contributed by atoms with Gasteiger partial charge in [0.2, 0.25) is 5.95 Å². The van der Waals surface area contributed by atoms with Gasteiger partial charge in [-0.05, 0) is 18.2 Å². The van der Waals surface area contributed by atoms with Crippen molar-refractivity contribution in [1.82, 2.24) is 19.9 Å². The van der Waals surface area contributed by atoms with E-state index in [1.807, 2.05) is 6.07 Å². The number of hydrogen-bond donors (Lipinski definition) is 1. The summed E-state index contributed by atoms with van der Waals surface area (Å²) in [5.74, 6) is 0.520. The smallest absolute Gasteiger partial charge is 0.255 e. The molecule has 1 amide bonds. The van der Waals surface area contributed by atoms with Crippen molar-refractivity contribution >= 4 is 11.9 Å². The zero-order valence-electron chi connectivity index (χ0n) is 10.2. The molecule has 0 radical (unpaired) electrons. The Labute approximate surface area is 110 Å². The normalized spacial score (nSPS) is 15.1. The topological polar surface area (TPSA) is 85.0 Å². The molecule has 1 aliphatic heterocycles. The number of nitrogens with zero attached hydrogens (tertiary/aromatic N) is 4. The molecule has 1 aliphatic rings. The first-order valence-corrected chi connectivity index (χ1v) is 6.02. The number of pyridine rings is 1. The van der Waals surface area contributed by atoms with Gasteiger partial charge in [-0.1, -0.05) is 0 Å². The van der Waals surface area contributed by atoms with Crippen molar-refractivity contribution in [3.8, 4) is 0 Å². The zero-order valence-corrected chi connectivity index (χ0v) is 10.2. The number of anilines is 1. The Kier molecular flexibility index (Phi) is 2.83. The van der Waals surface area contributed by atoms with Crippen molar-refractivity contribution in [2.24, 2.45) is 0 Å². The summed E-state index contributed by atoms with van der Waals surface area (Å²) in [4.78, 5) is 25.9. The first kappa shape index (κ1) is 11.6. The Morgan fingerprint density at radius 1 is 1.32 bits per heavy atom. The van der Waals surface area contributed by atoms with Crippen LogP contribution >= 0.6 is 0 Å². The fourth-order valence-electron chi connectivity index (χ4n) is 2.12. The molecule has 2 N–H and O–H groups in total. The summed E-state index contributed by atoms with van der Waals surface area (Å²) in [7, 11) is 0. The molecule has 3 rings (SSSR count). The van der Waals surface area contributed by atoms with Crippen molar-refractivity contribution in [3.63, 3.8) is 0 Å². The maximum Gasteiger partial charge on any atom is 0.255 e. The van der Waals surface area contributed by atoms with Crippen molar-refractivity contribution < 1.29 is 4.79 Å². The first-order valence-electron chi connectivity index (χ1n) is 6.02. The number of rotatable bonds is 2. The van der Waals surface area contributed by atoms with Gasteiger partial charge in [-0.15, -0.1) is 0 Å². The molecule has 19 heavy (non-hydrogen) atoms. The second kappa shape index (κ2) is 4.64. The van der Waals surface area contributed by atoms with Gasteiger partial charge in [-0.25, -0.2) is 9.97 Å². The SMILES string of the molecule is Nc1nccc(C2CN(C(=O)c3cccnc3)C2)n1. The molecule has 6 heteroatoms. The van der Waals surface area contributed by atoms with E-state index in [0.717, 1.165) is 5.69 Å². The number of nitrogen functional groups attached to an aromatic ring is 1. The highest BCUT2D eigenvalue weighted by atomic mass is 16.2. The Bertz CT molecular complexity index is 595. The molecule has 96 valence electrons. The molecular weight excluding hydrogens is 242 g/mol. The van der Waals surface area contributed by atoms with Crippen molar-refractivity contribution in [2.45, 2.75) is 5.92 Å². The Morgan fingerprint density at radius 3 is 2.84 bits per heavy atom. The molecule has 0 bridgehead atoms. The van der Waals surface area contributed by atoms with E-state index in [1.165, 1.54) is 0 Å². The van der Waals surface area contributed by atoms with E-state index in [0.29, 0.717) is 18.7 Å². The molecule has 2 aromatic heterocycles. The van der Waals surface area contributed by atoms with Crippen LogP contribution in [0.5, 0.6) is 0 Å². The Morgan fingerprint density at radius 2 is 2.16 bits per heavy atom. The molecule has 0 atom stereocenters. The van der Waals surface area contributed by atoms with Gasteiger partial charge in [0.05, 0.1) is 11.3 Å². The molecule has 0 unspecified atom stereocenters. The van der Waals surface area contributed by atoms with E-state index in [2.05, 4.69) is 15.0 Å². The molecule has 0 aliphatic carbocycles. The molecule has 3 heterocycles. The second-order valence-corrected chi connectivity index (χ2v) is 4.49. The Balaban J connectivity index is 1.66. The predicted molar refractivity (Wildman–Crippen MR) is 69.3 cm³/mol. The lowest BCUT2D eigenvalue weighted by atomic mass is 9.95. The summed E-state index contributed by atoms with van der Waals surface area (Å²) in [5, 5.41) is 0. The van der Waals surface area contributed by atoms with Gasteiger partial charge in [-0.2, -0.15) is 0 Å². The summed E-state index contributed by atoms with van der Waals surface area (Å²) >= 11 is 0. The van der Waals surface area contributed by atoms with Gasteiger partial charge in [0.25, 0.3) is 5.91 Å². The number of carbonyl (C=O) groups excluding carboxylic acids is 1. The summed E-state index contributed by atoms with van der Waals surface area (Å²) in [5.41, 5.74) is 7.06. The highest BCUT2D eigenvalue weighted by molar-refractivity contribution is 5.94. The van der Waals surface area contributed by atoms with Crippen LogP contribution in [0.4, 0.5) is 5.95 Å². The monoisotopic (exact) mass is 255 g/mol. The molecule has 1 fully saturated rings. The number of amides is 1. The third-order valence-corrected chi connectivity index (χ3v) is 3.19. The van der Waals surface area contributed by atoms with Gasteiger partial charge in [-0.3, -0.25) is 9.78 Å². The minimum Gasteiger partial charge on any atom is -0.368 e. The van der Waals surface area contributed by atoms with E-state index in [1.54, 1.807) is 35.6 Å². The third kappa shape index (κ3) is 2.24. The number of nitrogens with two attached hydrogens (primary N) is 1. The molecule has 6 nitrogen and oxygen atoms in total. The molecule has 2 aromatic rings. The van der Waals surface area contributed by atoms with E-state index in [9.17, 15) is 4.79 Å². The fourth-order valence-corrected chi connectivity index (χ4v) is 2.12. The van der Waals surface area contributed by atoms with Crippen molar-refractivity contribution in [1.29, 1.82) is 0 Å². The molecule has 1 saturated heterocycles. The van der Waals surface area contributed by atoms with Gasteiger partial charge < -0.3 is 10.6 Å². The summed E-state index contributed by atoms with van der Waals surface area (Å²) < 4.78 is 0. The number of likely N-dealkylation sites (tertiary alicyclic amines) is 1. The van der Waals surface area contributed by atoms with Crippen LogP contribution in [0.15, 0.2) is 36.8 Å². The van der Waals surface area contributed by atoms with Gasteiger partial charge in [0.1, 0.15) is 0 Å². The van der Waals surface area contributed by atoms with Crippen LogP contribution in [0.2, 0.25) is 0 Å². The van der Waals surface area contributed by atoms with E-state index >= 15 is 0 Å². The van der Waals surface area contributed by atoms with Crippen LogP contribution in [0.3, 0.4) is 0 Å². The van der Waals surface area contributed by atoms with Crippen LogP contribution in [0.25, 0.3) is 0 Å². The Hall–Kier alpha value is -2.50. The summed E-state index contributed by atoms with van der Waals surface area (Å²) in [6.45, 7) is 1.31. The van der Waals surface area contributed by atoms with Crippen LogP contribution in [0, 0.1) is 0 Å². The lowest BCUT2D eigenvalue weighted by Crippen LogP contribution is -2.48. The fraction of sp³-hybridized carbons (Fsp3) is 0.231. The van der Waals surface area contributed by atoms with Crippen molar-refractivity contribution in [3.05, 3.63) is 48.0 Å². The van der Waals surface area contributed by atoms with Crippen LogP contribution in [-0.4, -0.2) is 38.8 Å². The predicted octanol–water partition coefficient (Wildman–Crippen LogP) is 0.693. The average Bonchev–Trinajstić information content (AvgIpc) is 2.38. The standard InChI is InChI=1S/C13H13N5O/c14-13-16-5-3-11(17-13)10-7-18(8-10)12(19)9-2-1-4-15-6-9/h1-6,10H,7-8H2,(H2,14,16,17). The first-order chi connectivity index (χ1) is 9.24. The largest absolute Gasteiger partial charge is 0.368 e. The van der Waals surface area contributed by atoms with E-state index in [-0.39, 0.29) is 17.8 Å². The van der Waals surface area contributed by atoms with E-state index < -0.39 is 0 Å². The van der Waals surface area contributed by atoms with Crippen molar-refractivity contribution in [2.75, 3.05) is 18.8 Å². The van der Waals surface area contributed by atoms with Crippen LogP contribution in [-0.2, 0) is 0 Å². The lowest BCUT2D eigenvalue weighted by Gasteiger charge is -2.38. The van der Waals surface area contributed by atoms with Crippen LogP contribution < -0.4 is 5.73 Å². The number of hydrogen-bond acceptors (Lipinski definition) is 5. The molecule has 0 spiro atoms. The van der Waals surface area contributed by atoms with E-state index in [4.69, 9.17) is 5.73 Å². The molecule has 0 saturated carbocycles. The highest BCUT2D eigenvalue weighted by Crippen LogP contribution is 2.26. The van der Waals surface area contributed by atoms with Crippen LogP contribution in [0.1, 0.15) is 22.0 Å². The van der Waals surface area contributed by atoms with Gasteiger partial charge >= 0.3 is 0 Å². The second-order valence-electron chi connectivity index (χ2n) is 4.49. The maximum absolute atomic E-state index is 12.1.